The molecule has 1 fully saturated rings. The van der Waals surface area contributed by atoms with Crippen LogP contribution in [0.25, 0.3) is 0 Å². The Morgan fingerprint density at radius 1 is 1.62 bits per heavy atom. The van der Waals surface area contributed by atoms with E-state index in [1.807, 2.05) is 0 Å². The first-order valence-corrected chi connectivity index (χ1v) is 5.27. The van der Waals surface area contributed by atoms with Gasteiger partial charge in [0.25, 0.3) is 0 Å². The van der Waals surface area contributed by atoms with Gasteiger partial charge in [0, 0.05) is 24.7 Å². The molecule has 0 radical (unpaired) electrons. The zero-order valence-electron chi connectivity index (χ0n) is 8.48. The first-order chi connectivity index (χ1) is 7.74. The second kappa shape index (κ2) is 5.03. The van der Waals surface area contributed by atoms with Gasteiger partial charge in [0.15, 0.2) is 0 Å². The summed E-state index contributed by atoms with van der Waals surface area (Å²) in [6, 6.07) is 3.41. The number of carbonyl (C=O) groups is 1. The fourth-order valence-corrected chi connectivity index (χ4v) is 1.40. The number of rotatable bonds is 3. The zero-order chi connectivity index (χ0) is 11.4. The standard InChI is InChI=1S/C10H11ClN2O3/c11-8-1-2-9(12-4-8)15-5-7-3-13-10(14)16-6-7/h1-2,4,7H,3,5-6H2,(H,13,14). The van der Waals surface area contributed by atoms with Crippen molar-refractivity contribution in [2.45, 2.75) is 0 Å². The van der Waals surface area contributed by atoms with Gasteiger partial charge in [-0.25, -0.2) is 9.78 Å². The Morgan fingerprint density at radius 2 is 2.50 bits per heavy atom. The molecule has 1 aliphatic heterocycles. The molecule has 2 heterocycles. The molecule has 1 aromatic rings. The molecule has 1 amide bonds. The molecule has 0 aliphatic carbocycles. The second-order valence-corrected chi connectivity index (χ2v) is 3.91. The van der Waals surface area contributed by atoms with E-state index in [0.29, 0.717) is 30.7 Å². The fraction of sp³-hybridized carbons (Fsp3) is 0.400. The second-order valence-electron chi connectivity index (χ2n) is 3.47. The largest absolute Gasteiger partial charge is 0.477 e. The number of pyridine rings is 1. The highest BCUT2D eigenvalue weighted by Gasteiger charge is 2.19. The van der Waals surface area contributed by atoms with Crippen molar-refractivity contribution in [2.24, 2.45) is 5.92 Å². The lowest BCUT2D eigenvalue weighted by Gasteiger charge is -2.22. The van der Waals surface area contributed by atoms with Gasteiger partial charge in [-0.2, -0.15) is 0 Å². The molecule has 86 valence electrons. The summed E-state index contributed by atoms with van der Waals surface area (Å²) < 4.78 is 10.3. The maximum Gasteiger partial charge on any atom is 0.407 e. The Morgan fingerprint density at radius 3 is 3.12 bits per heavy atom. The van der Waals surface area contributed by atoms with Crippen LogP contribution in [-0.4, -0.2) is 30.8 Å². The van der Waals surface area contributed by atoms with Gasteiger partial charge in [-0.1, -0.05) is 11.6 Å². The minimum atomic E-state index is -0.374. The van der Waals surface area contributed by atoms with Crippen molar-refractivity contribution in [3.63, 3.8) is 0 Å². The van der Waals surface area contributed by atoms with Gasteiger partial charge >= 0.3 is 6.09 Å². The van der Waals surface area contributed by atoms with Gasteiger partial charge in [0.05, 0.1) is 11.6 Å². The van der Waals surface area contributed by atoms with Gasteiger partial charge < -0.3 is 14.8 Å². The Bertz CT molecular complexity index is 359. The molecular formula is C10H11ClN2O3. The number of hydrogen-bond acceptors (Lipinski definition) is 4. The van der Waals surface area contributed by atoms with Crippen molar-refractivity contribution in [1.29, 1.82) is 0 Å². The summed E-state index contributed by atoms with van der Waals surface area (Å²) in [5.41, 5.74) is 0. The molecule has 1 saturated heterocycles. The van der Waals surface area contributed by atoms with E-state index in [9.17, 15) is 4.79 Å². The Hall–Kier alpha value is -1.49. The normalized spacial score (nSPS) is 19.8. The number of alkyl carbamates (subject to hydrolysis) is 1. The summed E-state index contributed by atoms with van der Waals surface area (Å²) in [7, 11) is 0. The molecule has 0 aromatic carbocycles. The van der Waals surface area contributed by atoms with Crippen LogP contribution in [0.4, 0.5) is 4.79 Å². The molecule has 5 nitrogen and oxygen atoms in total. The molecule has 0 bridgehead atoms. The summed E-state index contributed by atoms with van der Waals surface area (Å²) in [5, 5.41) is 3.16. The average molecular weight is 243 g/mol. The maximum atomic E-state index is 10.7. The van der Waals surface area contributed by atoms with Crippen LogP contribution < -0.4 is 10.1 Å². The topological polar surface area (TPSA) is 60.5 Å². The average Bonchev–Trinajstić information content (AvgIpc) is 2.30. The van der Waals surface area contributed by atoms with Gasteiger partial charge in [-0.15, -0.1) is 0 Å². The zero-order valence-corrected chi connectivity index (χ0v) is 9.24. The molecule has 0 spiro atoms. The van der Waals surface area contributed by atoms with E-state index in [1.165, 1.54) is 6.20 Å². The molecular weight excluding hydrogens is 232 g/mol. The number of nitrogens with zero attached hydrogens (tertiary/aromatic N) is 1. The summed E-state index contributed by atoms with van der Waals surface area (Å²) >= 11 is 5.69. The Kier molecular flexibility index (Phi) is 3.46. The van der Waals surface area contributed by atoms with Crippen LogP contribution in [0.5, 0.6) is 5.88 Å². The molecule has 1 aromatic heterocycles. The number of cyclic esters (lactones) is 1. The van der Waals surface area contributed by atoms with Crippen molar-refractivity contribution in [1.82, 2.24) is 10.3 Å². The number of amides is 1. The van der Waals surface area contributed by atoms with Gasteiger partial charge in [0.1, 0.15) is 6.61 Å². The minimum Gasteiger partial charge on any atom is -0.477 e. The predicted molar refractivity (Wildman–Crippen MR) is 57.6 cm³/mol. The highest BCUT2D eigenvalue weighted by molar-refractivity contribution is 6.30. The van der Waals surface area contributed by atoms with Crippen LogP contribution in [0, 0.1) is 5.92 Å². The van der Waals surface area contributed by atoms with Crippen molar-refractivity contribution in [3.8, 4) is 5.88 Å². The lowest BCUT2D eigenvalue weighted by Crippen LogP contribution is -2.41. The van der Waals surface area contributed by atoms with Crippen molar-refractivity contribution >= 4 is 17.7 Å². The molecule has 0 saturated carbocycles. The highest BCUT2D eigenvalue weighted by Crippen LogP contribution is 2.13. The molecule has 1 unspecified atom stereocenters. The van der Waals surface area contributed by atoms with Crippen LogP contribution in [-0.2, 0) is 4.74 Å². The summed E-state index contributed by atoms with van der Waals surface area (Å²) in [6.07, 6.45) is 1.15. The van der Waals surface area contributed by atoms with E-state index in [2.05, 4.69) is 10.3 Å². The third-order valence-corrected chi connectivity index (χ3v) is 2.38. The van der Waals surface area contributed by atoms with Crippen LogP contribution in [0.15, 0.2) is 18.3 Å². The molecule has 1 atom stereocenters. The van der Waals surface area contributed by atoms with Crippen LogP contribution >= 0.6 is 11.6 Å². The number of halogens is 1. The molecule has 2 rings (SSSR count). The summed E-state index contributed by atoms with van der Waals surface area (Å²) in [4.78, 5) is 14.7. The van der Waals surface area contributed by atoms with E-state index < -0.39 is 0 Å². The summed E-state index contributed by atoms with van der Waals surface area (Å²) in [6.45, 7) is 1.39. The van der Waals surface area contributed by atoms with Gasteiger partial charge in [0.2, 0.25) is 5.88 Å². The number of carbonyl (C=O) groups excluding carboxylic acids is 1. The van der Waals surface area contributed by atoms with Crippen LogP contribution in [0.2, 0.25) is 5.02 Å². The summed E-state index contributed by atoms with van der Waals surface area (Å²) in [5.74, 6) is 0.663. The monoisotopic (exact) mass is 242 g/mol. The van der Waals surface area contributed by atoms with Gasteiger partial charge in [-0.3, -0.25) is 0 Å². The van der Waals surface area contributed by atoms with Crippen molar-refractivity contribution in [2.75, 3.05) is 19.8 Å². The highest BCUT2D eigenvalue weighted by atomic mass is 35.5. The fourth-order valence-electron chi connectivity index (χ4n) is 1.29. The number of nitrogens with one attached hydrogen (secondary N) is 1. The van der Waals surface area contributed by atoms with Crippen molar-refractivity contribution < 1.29 is 14.3 Å². The maximum absolute atomic E-state index is 10.7. The van der Waals surface area contributed by atoms with Gasteiger partial charge in [-0.05, 0) is 6.07 Å². The van der Waals surface area contributed by atoms with Crippen LogP contribution in [0.1, 0.15) is 0 Å². The molecule has 1 N–H and O–H groups in total. The van der Waals surface area contributed by atoms with Crippen molar-refractivity contribution in [3.05, 3.63) is 23.4 Å². The van der Waals surface area contributed by atoms with E-state index in [4.69, 9.17) is 21.1 Å². The Balaban J connectivity index is 1.79. The Labute approximate surface area is 97.7 Å². The SMILES string of the molecule is O=C1NCC(COc2ccc(Cl)cn2)CO1. The molecule has 6 heteroatoms. The van der Waals surface area contributed by atoms with E-state index in [1.54, 1.807) is 12.1 Å². The first kappa shape index (κ1) is 11.0. The molecule has 16 heavy (non-hydrogen) atoms. The number of aromatic nitrogens is 1. The lowest BCUT2D eigenvalue weighted by molar-refractivity contribution is 0.0828. The van der Waals surface area contributed by atoms with Crippen LogP contribution in [0.3, 0.4) is 0 Å². The minimum absolute atomic E-state index is 0.148. The van der Waals surface area contributed by atoms with E-state index in [0.717, 1.165) is 0 Å². The van der Waals surface area contributed by atoms with E-state index >= 15 is 0 Å². The first-order valence-electron chi connectivity index (χ1n) is 4.89. The predicted octanol–water partition coefficient (Wildman–Crippen LogP) is 1.47. The smallest absolute Gasteiger partial charge is 0.407 e. The quantitative estimate of drug-likeness (QED) is 0.872. The van der Waals surface area contributed by atoms with E-state index in [-0.39, 0.29) is 12.0 Å². The number of ether oxygens (including phenoxy) is 2. The third-order valence-electron chi connectivity index (χ3n) is 2.15. The lowest BCUT2D eigenvalue weighted by atomic mass is 10.1. The third kappa shape index (κ3) is 3.00. The number of hydrogen-bond donors (Lipinski definition) is 1. The molecule has 1 aliphatic rings.